The fourth-order valence-electron chi connectivity index (χ4n) is 1.61. The average molecular weight is 315 g/mol. The van der Waals surface area contributed by atoms with Crippen molar-refractivity contribution in [3.05, 3.63) is 35.4 Å². The molecule has 0 N–H and O–H groups in total. The van der Waals surface area contributed by atoms with Crippen molar-refractivity contribution in [2.75, 3.05) is 11.1 Å². The molecule has 0 aliphatic rings. The normalized spacial score (nSPS) is 13.7. The number of hydrogen-bond acceptors (Lipinski definition) is 1. The molecule has 0 amide bonds. The van der Waals surface area contributed by atoms with E-state index in [0.717, 1.165) is 17.0 Å². The highest BCUT2D eigenvalue weighted by atomic mass is 79.9. The van der Waals surface area contributed by atoms with Crippen LogP contribution in [0.3, 0.4) is 0 Å². The third-order valence-electron chi connectivity index (χ3n) is 3.25. The highest BCUT2D eigenvalue weighted by molar-refractivity contribution is 9.09. The summed E-state index contributed by atoms with van der Waals surface area (Å²) in [7, 11) is 0. The molecule has 1 aromatic carbocycles. The van der Waals surface area contributed by atoms with Crippen LogP contribution in [0.15, 0.2) is 24.3 Å². The quantitative estimate of drug-likeness (QED) is 0.666. The fraction of sp³-hybridized carbons (Fsp3) is 0.600. The van der Waals surface area contributed by atoms with Crippen molar-refractivity contribution in [2.24, 2.45) is 11.3 Å². The molecule has 1 rings (SSSR count). The van der Waals surface area contributed by atoms with Gasteiger partial charge in [-0.1, -0.05) is 61.0 Å². The van der Waals surface area contributed by atoms with Gasteiger partial charge in [0.2, 0.25) is 0 Å². The second-order valence-electron chi connectivity index (χ2n) is 5.66. The minimum Gasteiger partial charge on any atom is -0.157 e. The summed E-state index contributed by atoms with van der Waals surface area (Å²) in [5.74, 6) is 3.09. The Morgan fingerprint density at radius 3 is 2.41 bits per heavy atom. The maximum atomic E-state index is 3.64. The summed E-state index contributed by atoms with van der Waals surface area (Å²) >= 11 is 5.69. The summed E-state index contributed by atoms with van der Waals surface area (Å²) in [4.78, 5) is 0. The second-order valence-corrected chi connectivity index (χ2v) is 7.34. The van der Waals surface area contributed by atoms with Crippen LogP contribution in [0.2, 0.25) is 0 Å². The van der Waals surface area contributed by atoms with Gasteiger partial charge >= 0.3 is 0 Å². The van der Waals surface area contributed by atoms with Gasteiger partial charge in [0.1, 0.15) is 0 Å². The average Bonchev–Trinajstić information content (AvgIpc) is 2.25. The van der Waals surface area contributed by atoms with Gasteiger partial charge in [-0.15, -0.1) is 0 Å². The van der Waals surface area contributed by atoms with Crippen LogP contribution in [-0.2, 0) is 5.75 Å². The largest absolute Gasteiger partial charge is 0.157 e. The standard InChI is InChI=1S/C15H23BrS/c1-12-7-5-6-8-13(12)10-17-11-14(9-16)15(2,3)4/h5-8,14H,9-11H2,1-4H3. The number of alkyl halides is 1. The molecule has 0 radical (unpaired) electrons. The van der Waals surface area contributed by atoms with Gasteiger partial charge in [-0.25, -0.2) is 0 Å². The molecule has 0 aromatic heterocycles. The molecular weight excluding hydrogens is 292 g/mol. The lowest BCUT2D eigenvalue weighted by Gasteiger charge is -2.28. The number of rotatable bonds is 5. The highest BCUT2D eigenvalue weighted by Crippen LogP contribution is 2.31. The van der Waals surface area contributed by atoms with Crippen molar-refractivity contribution >= 4 is 27.7 Å². The first-order valence-corrected chi connectivity index (χ1v) is 8.41. The Kier molecular flexibility index (Phi) is 6.08. The van der Waals surface area contributed by atoms with Gasteiger partial charge in [-0.2, -0.15) is 11.8 Å². The van der Waals surface area contributed by atoms with E-state index in [2.05, 4.69) is 79.7 Å². The molecule has 1 aromatic rings. The summed E-state index contributed by atoms with van der Waals surface area (Å²) < 4.78 is 0. The Morgan fingerprint density at radius 2 is 1.88 bits per heavy atom. The van der Waals surface area contributed by atoms with Crippen LogP contribution in [-0.4, -0.2) is 11.1 Å². The van der Waals surface area contributed by atoms with Crippen molar-refractivity contribution in [2.45, 2.75) is 33.4 Å². The molecule has 1 unspecified atom stereocenters. The third kappa shape index (κ3) is 5.05. The first kappa shape index (κ1) is 15.1. The first-order chi connectivity index (χ1) is 7.95. The summed E-state index contributed by atoms with van der Waals surface area (Å²) in [5.41, 5.74) is 3.27. The Labute approximate surface area is 119 Å². The van der Waals surface area contributed by atoms with Crippen molar-refractivity contribution in [1.82, 2.24) is 0 Å². The molecule has 0 spiro atoms. The Bertz CT molecular complexity index is 341. The summed E-state index contributed by atoms with van der Waals surface area (Å²) in [6.45, 7) is 9.18. The van der Waals surface area contributed by atoms with E-state index >= 15 is 0 Å². The predicted octanol–water partition coefficient (Wildman–Crippen LogP) is 5.29. The van der Waals surface area contributed by atoms with E-state index in [0.29, 0.717) is 5.41 Å². The van der Waals surface area contributed by atoms with Crippen LogP contribution in [0, 0.1) is 18.3 Å². The molecule has 0 heterocycles. The highest BCUT2D eigenvalue weighted by Gasteiger charge is 2.23. The maximum absolute atomic E-state index is 3.64. The summed E-state index contributed by atoms with van der Waals surface area (Å²) in [5, 5.41) is 1.09. The second kappa shape index (κ2) is 6.84. The fourth-order valence-corrected chi connectivity index (χ4v) is 4.68. The van der Waals surface area contributed by atoms with Gasteiger partial charge in [0.25, 0.3) is 0 Å². The van der Waals surface area contributed by atoms with E-state index in [1.165, 1.54) is 16.9 Å². The van der Waals surface area contributed by atoms with Gasteiger partial charge in [0.15, 0.2) is 0 Å². The SMILES string of the molecule is Cc1ccccc1CSCC(CBr)C(C)(C)C. The van der Waals surface area contributed by atoms with Crippen LogP contribution >= 0.6 is 27.7 Å². The number of hydrogen-bond donors (Lipinski definition) is 0. The number of halogens is 1. The van der Waals surface area contributed by atoms with Crippen molar-refractivity contribution < 1.29 is 0 Å². The zero-order chi connectivity index (χ0) is 12.9. The molecule has 0 aliphatic heterocycles. The van der Waals surface area contributed by atoms with E-state index in [1.807, 2.05) is 0 Å². The van der Waals surface area contributed by atoms with E-state index in [9.17, 15) is 0 Å². The first-order valence-electron chi connectivity index (χ1n) is 6.13. The van der Waals surface area contributed by atoms with Crippen LogP contribution < -0.4 is 0 Å². The van der Waals surface area contributed by atoms with Crippen molar-refractivity contribution in [3.63, 3.8) is 0 Å². The van der Waals surface area contributed by atoms with Gasteiger partial charge in [-0.05, 0) is 35.1 Å². The van der Waals surface area contributed by atoms with E-state index in [1.54, 1.807) is 0 Å². The van der Waals surface area contributed by atoms with Crippen LogP contribution in [0.25, 0.3) is 0 Å². The lowest BCUT2D eigenvalue weighted by atomic mass is 9.83. The van der Waals surface area contributed by atoms with E-state index in [4.69, 9.17) is 0 Å². The van der Waals surface area contributed by atoms with Gasteiger partial charge < -0.3 is 0 Å². The Hall–Kier alpha value is 0.0500. The lowest BCUT2D eigenvalue weighted by molar-refractivity contribution is 0.295. The number of aryl methyl sites for hydroxylation is 1. The number of thioether (sulfide) groups is 1. The zero-order valence-corrected chi connectivity index (χ0v) is 13.7. The van der Waals surface area contributed by atoms with Gasteiger partial charge in [-0.3, -0.25) is 0 Å². The minimum absolute atomic E-state index is 0.391. The van der Waals surface area contributed by atoms with Crippen LogP contribution in [0.4, 0.5) is 0 Å². The molecule has 1 atom stereocenters. The van der Waals surface area contributed by atoms with E-state index < -0.39 is 0 Å². The van der Waals surface area contributed by atoms with Crippen molar-refractivity contribution in [3.8, 4) is 0 Å². The third-order valence-corrected chi connectivity index (χ3v) is 5.18. The topological polar surface area (TPSA) is 0 Å². The smallest absolute Gasteiger partial charge is 0.0187 e. The summed E-state index contributed by atoms with van der Waals surface area (Å²) in [6.07, 6.45) is 0. The number of benzene rings is 1. The van der Waals surface area contributed by atoms with Crippen LogP contribution in [0.1, 0.15) is 31.9 Å². The van der Waals surface area contributed by atoms with E-state index in [-0.39, 0.29) is 0 Å². The lowest BCUT2D eigenvalue weighted by Crippen LogP contribution is -2.24. The molecule has 0 saturated carbocycles. The molecule has 2 heteroatoms. The molecule has 17 heavy (non-hydrogen) atoms. The zero-order valence-electron chi connectivity index (χ0n) is 11.3. The van der Waals surface area contributed by atoms with Gasteiger partial charge in [0.05, 0.1) is 0 Å². The molecule has 0 fully saturated rings. The monoisotopic (exact) mass is 314 g/mol. The summed E-state index contributed by atoms with van der Waals surface area (Å²) in [6, 6.07) is 8.68. The molecule has 0 bridgehead atoms. The van der Waals surface area contributed by atoms with Crippen molar-refractivity contribution in [1.29, 1.82) is 0 Å². The Balaban J connectivity index is 2.45. The van der Waals surface area contributed by atoms with Crippen LogP contribution in [0.5, 0.6) is 0 Å². The predicted molar refractivity (Wildman–Crippen MR) is 84.1 cm³/mol. The van der Waals surface area contributed by atoms with Gasteiger partial charge in [0, 0.05) is 11.1 Å². The molecule has 96 valence electrons. The molecular formula is C15H23BrS. The molecule has 0 aliphatic carbocycles. The Morgan fingerprint density at radius 1 is 1.24 bits per heavy atom. The molecule has 0 saturated heterocycles. The maximum Gasteiger partial charge on any atom is 0.0187 e. The molecule has 0 nitrogen and oxygen atoms in total. The minimum atomic E-state index is 0.391.